The normalized spacial score (nSPS) is 12.4. The van der Waals surface area contributed by atoms with Crippen molar-refractivity contribution in [2.45, 2.75) is 19.9 Å². The number of rotatable bonds is 5. The first-order valence-electron chi connectivity index (χ1n) is 5.71. The van der Waals surface area contributed by atoms with Gasteiger partial charge in [-0.05, 0) is 31.2 Å². The molecule has 1 atom stereocenters. The van der Waals surface area contributed by atoms with Crippen LogP contribution in [0.5, 0.6) is 5.75 Å². The van der Waals surface area contributed by atoms with Crippen molar-refractivity contribution in [1.82, 2.24) is 5.32 Å². The van der Waals surface area contributed by atoms with Crippen LogP contribution >= 0.6 is 0 Å². The van der Waals surface area contributed by atoms with E-state index in [0.29, 0.717) is 17.4 Å². The molecule has 0 saturated carbocycles. The second-order valence-corrected chi connectivity index (χ2v) is 3.78. The fraction of sp³-hybridized carbons (Fsp3) is 0.357. The minimum absolute atomic E-state index is 0.327. The molecule has 0 spiro atoms. The average molecular weight is 230 g/mol. The van der Waals surface area contributed by atoms with Crippen molar-refractivity contribution in [3.05, 3.63) is 35.4 Å². The third-order valence-electron chi connectivity index (χ3n) is 2.45. The highest BCUT2D eigenvalue weighted by atomic mass is 16.5. The Balaban J connectivity index is 2.83. The highest BCUT2D eigenvalue weighted by Crippen LogP contribution is 2.19. The maximum Gasteiger partial charge on any atom is 0.136 e. The second-order valence-electron chi connectivity index (χ2n) is 3.78. The van der Waals surface area contributed by atoms with E-state index in [4.69, 9.17) is 10.00 Å². The van der Waals surface area contributed by atoms with Crippen LogP contribution in [0.2, 0.25) is 0 Å². The van der Waals surface area contributed by atoms with Gasteiger partial charge in [-0.25, -0.2) is 0 Å². The Hall–Kier alpha value is -1.79. The molecule has 3 heteroatoms. The molecule has 0 aliphatic heterocycles. The molecule has 1 unspecified atom stereocenters. The lowest BCUT2D eigenvalue weighted by Gasteiger charge is -2.06. The summed E-state index contributed by atoms with van der Waals surface area (Å²) in [6, 6.07) is 8.03. The molecular formula is C14H18N2O. The van der Waals surface area contributed by atoms with Crippen molar-refractivity contribution in [3.63, 3.8) is 0 Å². The highest BCUT2D eigenvalue weighted by molar-refractivity contribution is 5.56. The first-order valence-corrected chi connectivity index (χ1v) is 5.71. The summed E-state index contributed by atoms with van der Waals surface area (Å²) in [4.78, 5) is 0. The third kappa shape index (κ3) is 3.93. The van der Waals surface area contributed by atoms with E-state index in [1.165, 1.54) is 0 Å². The van der Waals surface area contributed by atoms with Gasteiger partial charge in [-0.3, -0.25) is 0 Å². The predicted octanol–water partition coefficient (Wildman–Crippen LogP) is 2.58. The Morgan fingerprint density at radius 1 is 1.53 bits per heavy atom. The van der Waals surface area contributed by atoms with Crippen LogP contribution < -0.4 is 10.1 Å². The lowest BCUT2D eigenvalue weighted by Crippen LogP contribution is -2.22. The molecular weight excluding hydrogens is 212 g/mol. The fourth-order valence-corrected chi connectivity index (χ4v) is 1.56. The number of likely N-dealkylation sites (N-methyl/N-ethyl adjacent to an activating group) is 1. The van der Waals surface area contributed by atoms with Gasteiger partial charge in [0.1, 0.15) is 11.8 Å². The summed E-state index contributed by atoms with van der Waals surface area (Å²) in [7, 11) is 1.57. The van der Waals surface area contributed by atoms with Crippen molar-refractivity contribution in [2.24, 2.45) is 0 Å². The van der Waals surface area contributed by atoms with E-state index in [-0.39, 0.29) is 0 Å². The van der Waals surface area contributed by atoms with E-state index in [9.17, 15) is 0 Å². The highest BCUT2D eigenvalue weighted by Gasteiger charge is 2.01. The third-order valence-corrected chi connectivity index (χ3v) is 2.45. The number of hydrogen-bond donors (Lipinski definition) is 1. The first kappa shape index (κ1) is 13.3. The Labute approximate surface area is 103 Å². The van der Waals surface area contributed by atoms with E-state index in [2.05, 4.69) is 31.3 Å². The molecule has 0 saturated heterocycles. The number of hydrogen-bond acceptors (Lipinski definition) is 3. The fourth-order valence-electron chi connectivity index (χ4n) is 1.56. The quantitative estimate of drug-likeness (QED) is 0.845. The van der Waals surface area contributed by atoms with Crippen molar-refractivity contribution < 1.29 is 4.74 Å². The molecule has 0 radical (unpaired) electrons. The van der Waals surface area contributed by atoms with Gasteiger partial charge in [0.05, 0.1) is 12.7 Å². The van der Waals surface area contributed by atoms with Crippen molar-refractivity contribution in [1.29, 1.82) is 5.26 Å². The van der Waals surface area contributed by atoms with Crippen molar-refractivity contribution in [3.8, 4) is 11.8 Å². The summed E-state index contributed by atoms with van der Waals surface area (Å²) < 4.78 is 5.10. The van der Waals surface area contributed by atoms with E-state index in [1.54, 1.807) is 7.11 Å². The molecule has 1 aromatic carbocycles. The number of nitrogens with zero attached hydrogens (tertiary/aromatic N) is 1. The molecule has 0 aliphatic carbocycles. The molecule has 1 aromatic rings. The number of benzene rings is 1. The summed E-state index contributed by atoms with van der Waals surface area (Å²) >= 11 is 0. The van der Waals surface area contributed by atoms with Gasteiger partial charge in [-0.2, -0.15) is 5.26 Å². The zero-order chi connectivity index (χ0) is 12.7. The number of nitrogens with one attached hydrogen (secondary N) is 1. The molecule has 0 aliphatic rings. The summed E-state index contributed by atoms with van der Waals surface area (Å²) in [6.07, 6.45) is 4.08. The van der Waals surface area contributed by atoms with Crippen LogP contribution in [0.3, 0.4) is 0 Å². The molecule has 3 nitrogen and oxygen atoms in total. The Morgan fingerprint density at radius 3 is 2.88 bits per heavy atom. The largest absolute Gasteiger partial charge is 0.495 e. The van der Waals surface area contributed by atoms with Gasteiger partial charge in [0, 0.05) is 6.04 Å². The minimum atomic E-state index is 0.327. The zero-order valence-corrected chi connectivity index (χ0v) is 10.5. The summed E-state index contributed by atoms with van der Waals surface area (Å²) in [6.45, 7) is 5.11. The lowest BCUT2D eigenvalue weighted by atomic mass is 10.1. The van der Waals surface area contributed by atoms with Gasteiger partial charge >= 0.3 is 0 Å². The van der Waals surface area contributed by atoms with Gasteiger partial charge in [0.15, 0.2) is 0 Å². The van der Waals surface area contributed by atoms with Crippen molar-refractivity contribution >= 4 is 6.08 Å². The van der Waals surface area contributed by atoms with Crippen LogP contribution in [-0.2, 0) is 0 Å². The van der Waals surface area contributed by atoms with Crippen LogP contribution in [0.1, 0.15) is 25.0 Å². The summed E-state index contributed by atoms with van der Waals surface area (Å²) in [5, 5.41) is 12.3. The van der Waals surface area contributed by atoms with Gasteiger partial charge in [0.25, 0.3) is 0 Å². The standard InChI is InChI=1S/C14H18N2O/c1-4-16-11(2)5-6-12-7-8-14(17-3)13(9-12)10-15/h5-9,11,16H,4H2,1-3H3/b6-5+. The SMILES string of the molecule is CCNC(C)/C=C/c1ccc(OC)c(C#N)c1. The van der Waals surface area contributed by atoms with Crippen LogP contribution in [-0.4, -0.2) is 19.7 Å². The maximum absolute atomic E-state index is 8.97. The number of methoxy groups -OCH3 is 1. The molecule has 1 N–H and O–H groups in total. The van der Waals surface area contributed by atoms with Gasteiger partial charge in [-0.15, -0.1) is 0 Å². The Bertz CT molecular complexity index is 432. The molecule has 0 aromatic heterocycles. The molecule has 0 amide bonds. The first-order chi connectivity index (χ1) is 8.21. The van der Waals surface area contributed by atoms with E-state index >= 15 is 0 Å². The molecule has 1 rings (SSSR count). The van der Waals surface area contributed by atoms with Crippen LogP contribution in [0.15, 0.2) is 24.3 Å². The molecule has 17 heavy (non-hydrogen) atoms. The van der Waals surface area contributed by atoms with Crippen LogP contribution in [0.25, 0.3) is 6.08 Å². The van der Waals surface area contributed by atoms with Crippen molar-refractivity contribution in [2.75, 3.05) is 13.7 Å². The minimum Gasteiger partial charge on any atom is -0.495 e. The molecule has 0 bridgehead atoms. The summed E-state index contributed by atoms with van der Waals surface area (Å²) in [5.74, 6) is 0.615. The smallest absolute Gasteiger partial charge is 0.136 e. The van der Waals surface area contributed by atoms with Gasteiger partial charge in [-0.1, -0.05) is 25.1 Å². The van der Waals surface area contributed by atoms with Gasteiger partial charge in [0.2, 0.25) is 0 Å². The Morgan fingerprint density at radius 2 is 2.29 bits per heavy atom. The van der Waals surface area contributed by atoms with E-state index in [1.807, 2.05) is 24.3 Å². The molecule has 0 heterocycles. The second kappa shape index (κ2) is 6.72. The van der Waals surface area contributed by atoms with Gasteiger partial charge < -0.3 is 10.1 Å². The number of ether oxygens (including phenoxy) is 1. The van der Waals surface area contributed by atoms with E-state index in [0.717, 1.165) is 12.1 Å². The maximum atomic E-state index is 8.97. The lowest BCUT2D eigenvalue weighted by molar-refractivity contribution is 0.413. The van der Waals surface area contributed by atoms with Crippen LogP contribution in [0, 0.1) is 11.3 Å². The monoisotopic (exact) mass is 230 g/mol. The number of nitriles is 1. The van der Waals surface area contributed by atoms with Crippen LogP contribution in [0.4, 0.5) is 0 Å². The average Bonchev–Trinajstić information content (AvgIpc) is 2.36. The Kier molecular flexibility index (Phi) is 5.25. The molecule has 90 valence electrons. The summed E-state index contributed by atoms with van der Waals surface area (Å²) in [5.41, 5.74) is 1.57. The van der Waals surface area contributed by atoms with E-state index < -0.39 is 0 Å². The molecule has 0 fully saturated rings. The topological polar surface area (TPSA) is 45.0 Å². The zero-order valence-electron chi connectivity index (χ0n) is 10.5. The predicted molar refractivity (Wildman–Crippen MR) is 69.9 cm³/mol.